The number of fused-ring (bicyclic) bond motifs is 3. The van der Waals surface area contributed by atoms with Gasteiger partial charge in [-0.2, -0.15) is 0 Å². The van der Waals surface area contributed by atoms with Gasteiger partial charge < -0.3 is 19.4 Å². The molecule has 37 heavy (non-hydrogen) atoms. The highest BCUT2D eigenvalue weighted by atomic mass is 16.6. The Bertz CT molecular complexity index is 1150. The van der Waals surface area contributed by atoms with Crippen molar-refractivity contribution in [2.75, 3.05) is 57.3 Å². The Balaban J connectivity index is 1.37. The fraction of sp³-hybridized carbons (Fsp3) is 0.481. The minimum Gasteiger partial charge on any atom is -0.450 e. The second-order valence-corrected chi connectivity index (χ2v) is 9.87. The van der Waals surface area contributed by atoms with Crippen LogP contribution in [0.25, 0.3) is 0 Å². The van der Waals surface area contributed by atoms with Crippen molar-refractivity contribution in [1.82, 2.24) is 14.7 Å². The molecule has 5 rings (SSSR count). The van der Waals surface area contributed by atoms with Gasteiger partial charge in [0.25, 0.3) is 5.69 Å². The van der Waals surface area contributed by atoms with Crippen LogP contribution in [0.15, 0.2) is 48.5 Å². The Hall–Kier alpha value is -3.66. The predicted molar refractivity (Wildman–Crippen MR) is 138 cm³/mol. The van der Waals surface area contributed by atoms with E-state index in [1.165, 1.54) is 5.56 Å². The van der Waals surface area contributed by atoms with Crippen molar-refractivity contribution in [3.63, 3.8) is 0 Å². The topological polar surface area (TPSA) is 99.5 Å². The largest absolute Gasteiger partial charge is 0.450 e. The molecule has 2 fully saturated rings. The third-order valence-corrected chi connectivity index (χ3v) is 7.67. The molecule has 10 nitrogen and oxygen atoms in total. The molecule has 2 amide bonds. The van der Waals surface area contributed by atoms with Crippen LogP contribution in [-0.4, -0.2) is 90.1 Å². The SMILES string of the molecule is CCOC(=O)N1CCN(C(=O)[C@@H]2Cc3cc([N+](=O)[O-])ccc3N3CCN(Cc4ccccc4)C[C@@H]23)CC1. The van der Waals surface area contributed by atoms with Gasteiger partial charge in [-0.3, -0.25) is 19.8 Å². The van der Waals surface area contributed by atoms with Crippen LogP contribution in [0.5, 0.6) is 0 Å². The number of amides is 2. The van der Waals surface area contributed by atoms with Crippen LogP contribution in [0.1, 0.15) is 18.1 Å². The first-order valence-electron chi connectivity index (χ1n) is 13.0. The summed E-state index contributed by atoms with van der Waals surface area (Å²) in [5, 5.41) is 11.4. The summed E-state index contributed by atoms with van der Waals surface area (Å²) in [6.45, 7) is 7.04. The standard InChI is InChI=1S/C27H33N5O5/c1-2-37-27(34)30-13-11-29(12-14-30)26(33)23-17-21-16-22(32(35)36)8-9-24(21)31-15-10-28(19-25(23)31)18-20-6-4-3-5-7-20/h3-9,16,23,25H,2,10-15,17-19H2,1H3/t23-,25+/m1/s1. The lowest BCUT2D eigenvalue weighted by Crippen LogP contribution is -2.62. The van der Waals surface area contributed by atoms with E-state index >= 15 is 0 Å². The highest BCUT2D eigenvalue weighted by Crippen LogP contribution is 2.38. The smallest absolute Gasteiger partial charge is 0.409 e. The van der Waals surface area contributed by atoms with Gasteiger partial charge in [0.05, 0.1) is 23.5 Å². The highest BCUT2D eigenvalue weighted by Gasteiger charge is 2.43. The first-order chi connectivity index (χ1) is 17.9. The molecule has 2 atom stereocenters. The van der Waals surface area contributed by atoms with Gasteiger partial charge in [0.2, 0.25) is 5.91 Å². The number of benzene rings is 2. The van der Waals surface area contributed by atoms with Crippen molar-refractivity contribution in [2.45, 2.75) is 25.9 Å². The molecule has 10 heteroatoms. The lowest BCUT2D eigenvalue weighted by molar-refractivity contribution is -0.384. The molecule has 0 unspecified atom stereocenters. The van der Waals surface area contributed by atoms with Gasteiger partial charge >= 0.3 is 6.09 Å². The van der Waals surface area contributed by atoms with Crippen LogP contribution in [0, 0.1) is 16.0 Å². The van der Waals surface area contributed by atoms with Crippen molar-refractivity contribution >= 4 is 23.4 Å². The van der Waals surface area contributed by atoms with Crippen LogP contribution >= 0.6 is 0 Å². The van der Waals surface area contributed by atoms with Crippen LogP contribution < -0.4 is 4.90 Å². The molecular weight excluding hydrogens is 474 g/mol. The fourth-order valence-electron chi connectivity index (χ4n) is 5.81. The number of nitrogens with zero attached hydrogens (tertiary/aromatic N) is 5. The number of hydrogen-bond donors (Lipinski definition) is 0. The van der Waals surface area contributed by atoms with Crippen molar-refractivity contribution in [3.8, 4) is 0 Å². The molecule has 0 saturated carbocycles. The summed E-state index contributed by atoms with van der Waals surface area (Å²) >= 11 is 0. The van der Waals surface area contributed by atoms with Gasteiger partial charge in [-0.05, 0) is 30.5 Å². The third-order valence-electron chi connectivity index (χ3n) is 7.67. The molecule has 0 bridgehead atoms. The number of carbonyl (C=O) groups is 2. The first kappa shape index (κ1) is 25.0. The zero-order valence-corrected chi connectivity index (χ0v) is 21.1. The molecule has 0 aromatic heterocycles. The molecule has 0 spiro atoms. The number of anilines is 1. The number of ether oxygens (including phenoxy) is 1. The monoisotopic (exact) mass is 507 g/mol. The third kappa shape index (κ3) is 5.24. The molecule has 3 heterocycles. The van der Waals surface area contributed by atoms with E-state index in [1.807, 2.05) is 29.2 Å². The van der Waals surface area contributed by atoms with E-state index in [0.717, 1.165) is 37.4 Å². The predicted octanol–water partition coefficient (Wildman–Crippen LogP) is 2.76. The van der Waals surface area contributed by atoms with Crippen LogP contribution in [-0.2, 0) is 22.5 Å². The summed E-state index contributed by atoms with van der Waals surface area (Å²) in [6, 6.07) is 15.3. The van der Waals surface area contributed by atoms with E-state index in [4.69, 9.17) is 4.74 Å². The van der Waals surface area contributed by atoms with Crippen molar-refractivity contribution < 1.29 is 19.2 Å². The Morgan fingerprint density at radius 2 is 1.73 bits per heavy atom. The number of rotatable bonds is 5. The molecule has 2 aromatic rings. The van der Waals surface area contributed by atoms with Gasteiger partial charge in [-0.25, -0.2) is 4.79 Å². The van der Waals surface area contributed by atoms with E-state index in [0.29, 0.717) is 39.2 Å². The van der Waals surface area contributed by atoms with Gasteiger partial charge in [0.1, 0.15) is 0 Å². The van der Waals surface area contributed by atoms with Gasteiger partial charge in [0.15, 0.2) is 0 Å². The Morgan fingerprint density at radius 3 is 2.43 bits per heavy atom. The molecule has 3 aliphatic rings. The first-order valence-corrected chi connectivity index (χ1v) is 13.0. The van der Waals surface area contributed by atoms with E-state index in [9.17, 15) is 19.7 Å². The van der Waals surface area contributed by atoms with E-state index in [-0.39, 0.29) is 34.6 Å². The van der Waals surface area contributed by atoms with Crippen LogP contribution in [0.3, 0.4) is 0 Å². The Labute approximate surface area is 216 Å². The molecule has 196 valence electrons. The quantitative estimate of drug-likeness (QED) is 0.453. The average molecular weight is 508 g/mol. The maximum atomic E-state index is 13.9. The van der Waals surface area contributed by atoms with E-state index < -0.39 is 0 Å². The molecule has 0 aliphatic carbocycles. The highest BCUT2D eigenvalue weighted by molar-refractivity contribution is 5.83. The van der Waals surface area contributed by atoms with Crippen molar-refractivity contribution in [1.29, 1.82) is 0 Å². The molecule has 0 radical (unpaired) electrons. The second kappa shape index (κ2) is 10.8. The van der Waals surface area contributed by atoms with E-state index in [1.54, 1.807) is 24.0 Å². The molecule has 2 saturated heterocycles. The van der Waals surface area contributed by atoms with Gasteiger partial charge in [0, 0.05) is 70.2 Å². The zero-order valence-electron chi connectivity index (χ0n) is 21.1. The number of nitro groups is 1. The zero-order chi connectivity index (χ0) is 25.9. The lowest BCUT2D eigenvalue weighted by Gasteiger charge is -2.50. The van der Waals surface area contributed by atoms with Crippen molar-refractivity contribution in [2.24, 2.45) is 5.92 Å². The molecule has 3 aliphatic heterocycles. The molecule has 2 aromatic carbocycles. The minimum absolute atomic E-state index is 0.0259. The summed E-state index contributed by atoms with van der Waals surface area (Å²) in [5.41, 5.74) is 3.13. The van der Waals surface area contributed by atoms with Gasteiger partial charge in [-0.1, -0.05) is 30.3 Å². The lowest BCUT2D eigenvalue weighted by atomic mass is 9.82. The summed E-state index contributed by atoms with van der Waals surface area (Å²) in [4.78, 5) is 45.3. The molecular formula is C27H33N5O5. The summed E-state index contributed by atoms with van der Waals surface area (Å²) < 4.78 is 5.11. The number of hydrogen-bond acceptors (Lipinski definition) is 7. The molecule has 0 N–H and O–H groups in total. The second-order valence-electron chi connectivity index (χ2n) is 9.87. The average Bonchev–Trinajstić information content (AvgIpc) is 2.92. The Kier molecular flexibility index (Phi) is 7.27. The van der Waals surface area contributed by atoms with E-state index in [2.05, 4.69) is 21.9 Å². The normalized spacial score (nSPS) is 21.7. The van der Waals surface area contributed by atoms with Crippen LogP contribution in [0.2, 0.25) is 0 Å². The number of non-ortho nitro benzene ring substituents is 1. The summed E-state index contributed by atoms with van der Waals surface area (Å²) in [7, 11) is 0. The summed E-state index contributed by atoms with van der Waals surface area (Å²) in [6.07, 6.45) is 0.123. The fourth-order valence-corrected chi connectivity index (χ4v) is 5.81. The minimum atomic E-state index is -0.379. The van der Waals surface area contributed by atoms with Crippen molar-refractivity contribution in [3.05, 3.63) is 69.8 Å². The number of nitro benzene ring substituents is 1. The van der Waals surface area contributed by atoms with Crippen LogP contribution in [0.4, 0.5) is 16.2 Å². The Morgan fingerprint density at radius 1 is 1.00 bits per heavy atom. The maximum absolute atomic E-state index is 13.9. The number of piperazine rings is 2. The number of carbonyl (C=O) groups excluding carboxylic acids is 2. The maximum Gasteiger partial charge on any atom is 0.409 e. The van der Waals surface area contributed by atoms with Gasteiger partial charge in [-0.15, -0.1) is 0 Å². The summed E-state index contributed by atoms with van der Waals surface area (Å²) in [5.74, 6) is -0.264.